The second-order valence-electron chi connectivity index (χ2n) is 1.93. The topological polar surface area (TPSA) is 0 Å². The van der Waals surface area contributed by atoms with Gasteiger partial charge in [-0.05, 0) is 29.7 Å². The van der Waals surface area contributed by atoms with E-state index in [0.717, 1.165) is 0 Å². The third-order valence-electron chi connectivity index (χ3n) is 1.31. The van der Waals surface area contributed by atoms with E-state index in [1.807, 2.05) is 32.9 Å². The molecule has 0 spiro atoms. The predicted molar refractivity (Wildman–Crippen MR) is 59.7 cm³/mol. The lowest BCUT2D eigenvalue weighted by Crippen LogP contribution is -2.15. The quantitative estimate of drug-likeness (QED) is 0.623. The van der Waals surface area contributed by atoms with Gasteiger partial charge in [-0.1, -0.05) is 32.6 Å². The largest absolute Gasteiger partial charge is 0.144 e. The molecule has 0 N–H and O–H groups in total. The van der Waals surface area contributed by atoms with Crippen LogP contribution in [0.2, 0.25) is 0 Å². The molecule has 12 heavy (non-hydrogen) atoms. The summed E-state index contributed by atoms with van der Waals surface area (Å²) in [5, 5.41) is 3.38. The second-order valence-corrected chi connectivity index (χ2v) is 2.88. The first-order chi connectivity index (χ1) is 5.88. The molecule has 66 valence electrons. The van der Waals surface area contributed by atoms with E-state index in [0.29, 0.717) is 0 Å². The average molecular weight is 180 g/mol. The monoisotopic (exact) mass is 180 g/mol. The van der Waals surface area contributed by atoms with Crippen molar-refractivity contribution in [2.24, 2.45) is 0 Å². The van der Waals surface area contributed by atoms with Crippen molar-refractivity contribution in [1.82, 2.24) is 0 Å². The van der Waals surface area contributed by atoms with E-state index in [1.54, 1.807) is 11.3 Å². The van der Waals surface area contributed by atoms with Crippen molar-refractivity contribution in [3.05, 3.63) is 33.9 Å². The van der Waals surface area contributed by atoms with Gasteiger partial charge < -0.3 is 0 Å². The molecular weight excluding hydrogens is 164 g/mol. The average Bonchev–Trinajstić information content (AvgIpc) is 2.56. The van der Waals surface area contributed by atoms with Gasteiger partial charge in [-0.2, -0.15) is 0 Å². The molecule has 0 aliphatic heterocycles. The molecule has 0 nitrogen and oxygen atoms in total. The lowest BCUT2D eigenvalue weighted by atomic mass is 10.4. The maximum Gasteiger partial charge on any atom is 0.0339 e. The summed E-state index contributed by atoms with van der Waals surface area (Å²) in [4.78, 5) is 0. The van der Waals surface area contributed by atoms with Crippen molar-refractivity contribution >= 4 is 23.5 Å². The van der Waals surface area contributed by atoms with Gasteiger partial charge in [0.15, 0.2) is 0 Å². The molecule has 1 rings (SSSR count). The van der Waals surface area contributed by atoms with Gasteiger partial charge in [-0.25, -0.2) is 0 Å². The Morgan fingerprint density at radius 3 is 2.58 bits per heavy atom. The number of allylic oxidation sites excluding steroid dienone is 1. The molecule has 1 heterocycles. The standard InChI is InChI=1S/C9H10S.C2H6/c1-3-5-9-8(4-2)6-7-10-9;1-2/h3-7H,1H2,2H3;1-2H3/b8-4-,9-5+;. The zero-order valence-corrected chi connectivity index (χ0v) is 8.82. The summed E-state index contributed by atoms with van der Waals surface area (Å²) in [5.41, 5.74) is 0. The van der Waals surface area contributed by atoms with Gasteiger partial charge in [-0.15, -0.1) is 11.3 Å². The first kappa shape index (κ1) is 11.2. The minimum Gasteiger partial charge on any atom is -0.144 e. The van der Waals surface area contributed by atoms with Crippen LogP contribution in [0.5, 0.6) is 0 Å². The minimum atomic E-state index is 1.29. The third kappa shape index (κ3) is 3.05. The highest BCUT2D eigenvalue weighted by molar-refractivity contribution is 7.07. The molecule has 0 saturated heterocycles. The molecule has 0 aromatic carbocycles. The molecule has 0 bridgehead atoms. The van der Waals surface area contributed by atoms with Gasteiger partial charge >= 0.3 is 0 Å². The summed E-state index contributed by atoms with van der Waals surface area (Å²) < 4.78 is 1.29. The van der Waals surface area contributed by atoms with E-state index in [4.69, 9.17) is 0 Å². The van der Waals surface area contributed by atoms with Crippen LogP contribution < -0.4 is 9.75 Å². The molecule has 1 heteroatoms. The van der Waals surface area contributed by atoms with Gasteiger partial charge in [-0.3, -0.25) is 0 Å². The van der Waals surface area contributed by atoms with Crippen LogP contribution in [0.15, 0.2) is 24.1 Å². The predicted octanol–water partition coefficient (Wildman–Crippen LogP) is 2.54. The Morgan fingerprint density at radius 2 is 2.08 bits per heavy atom. The lowest BCUT2D eigenvalue weighted by molar-refractivity contribution is 1.50. The van der Waals surface area contributed by atoms with E-state index in [-0.39, 0.29) is 0 Å². The van der Waals surface area contributed by atoms with Crippen LogP contribution in [0, 0.1) is 0 Å². The van der Waals surface area contributed by atoms with Gasteiger partial charge in [0.1, 0.15) is 0 Å². The minimum absolute atomic E-state index is 1.29. The van der Waals surface area contributed by atoms with Crippen molar-refractivity contribution in [2.75, 3.05) is 0 Å². The van der Waals surface area contributed by atoms with Crippen LogP contribution in [-0.4, -0.2) is 0 Å². The van der Waals surface area contributed by atoms with Crippen LogP contribution in [0.4, 0.5) is 0 Å². The second kappa shape index (κ2) is 6.86. The molecule has 0 fully saturated rings. The highest BCUT2D eigenvalue weighted by Crippen LogP contribution is 1.81. The smallest absolute Gasteiger partial charge is 0.0339 e. The number of hydrogen-bond donors (Lipinski definition) is 0. The summed E-state index contributed by atoms with van der Waals surface area (Å²) in [5.74, 6) is 0. The fraction of sp³-hybridized carbons (Fsp3) is 0.273. The Balaban J connectivity index is 0.000000561. The van der Waals surface area contributed by atoms with Gasteiger partial charge in [0.05, 0.1) is 0 Å². The van der Waals surface area contributed by atoms with Crippen molar-refractivity contribution in [3.63, 3.8) is 0 Å². The van der Waals surface area contributed by atoms with E-state index >= 15 is 0 Å². The summed E-state index contributed by atoms with van der Waals surface area (Å²) in [6.07, 6.45) is 5.95. The van der Waals surface area contributed by atoms with E-state index in [1.165, 1.54) is 9.75 Å². The first-order valence-corrected chi connectivity index (χ1v) is 5.09. The number of thiophene rings is 1. The Labute approximate surface area is 78.6 Å². The molecule has 1 aromatic rings. The molecule has 0 amide bonds. The first-order valence-electron chi connectivity index (χ1n) is 4.21. The van der Waals surface area contributed by atoms with Crippen molar-refractivity contribution in [2.45, 2.75) is 20.8 Å². The number of hydrogen-bond acceptors (Lipinski definition) is 1. The molecule has 0 aliphatic rings. The molecule has 0 aliphatic carbocycles. The van der Waals surface area contributed by atoms with Crippen LogP contribution in [0.1, 0.15) is 20.8 Å². The fourth-order valence-electron chi connectivity index (χ4n) is 0.812. The summed E-state index contributed by atoms with van der Waals surface area (Å²) in [6.45, 7) is 9.69. The number of rotatable bonds is 1. The SMILES string of the molecule is C=C/C=c1/scc/c1=C/C.CC. The van der Waals surface area contributed by atoms with E-state index < -0.39 is 0 Å². The van der Waals surface area contributed by atoms with Crippen molar-refractivity contribution in [1.29, 1.82) is 0 Å². The zero-order chi connectivity index (χ0) is 9.40. The Hall–Kier alpha value is -0.820. The lowest BCUT2D eigenvalue weighted by Gasteiger charge is -1.72. The van der Waals surface area contributed by atoms with Crippen LogP contribution in [0.25, 0.3) is 12.2 Å². The normalized spacial score (nSPS) is 12.2. The molecule has 1 aromatic heterocycles. The van der Waals surface area contributed by atoms with Crippen LogP contribution in [0.3, 0.4) is 0 Å². The van der Waals surface area contributed by atoms with Crippen molar-refractivity contribution in [3.8, 4) is 0 Å². The highest BCUT2D eigenvalue weighted by atomic mass is 32.1. The highest BCUT2D eigenvalue weighted by Gasteiger charge is 1.80. The van der Waals surface area contributed by atoms with Gasteiger partial charge in [0.2, 0.25) is 0 Å². The maximum absolute atomic E-state index is 3.65. The van der Waals surface area contributed by atoms with Crippen LogP contribution in [-0.2, 0) is 0 Å². The molecule has 0 radical (unpaired) electrons. The van der Waals surface area contributed by atoms with Crippen LogP contribution >= 0.6 is 11.3 Å². The molecular formula is C11H16S. The van der Waals surface area contributed by atoms with E-state index in [9.17, 15) is 0 Å². The third-order valence-corrected chi connectivity index (χ3v) is 2.21. The molecule has 0 atom stereocenters. The van der Waals surface area contributed by atoms with E-state index in [2.05, 4.69) is 24.1 Å². The summed E-state index contributed by atoms with van der Waals surface area (Å²) in [6, 6.07) is 2.11. The Kier molecular flexibility index (Phi) is 6.39. The Bertz CT molecular complexity index is 317. The fourth-order valence-corrected chi connectivity index (χ4v) is 1.67. The zero-order valence-electron chi connectivity index (χ0n) is 8.00. The Morgan fingerprint density at radius 1 is 1.42 bits per heavy atom. The summed E-state index contributed by atoms with van der Waals surface area (Å²) in [7, 11) is 0. The van der Waals surface area contributed by atoms with Gasteiger partial charge in [0.25, 0.3) is 0 Å². The van der Waals surface area contributed by atoms with Crippen molar-refractivity contribution < 1.29 is 0 Å². The maximum atomic E-state index is 3.65. The van der Waals surface area contributed by atoms with Gasteiger partial charge in [0, 0.05) is 4.53 Å². The molecule has 0 unspecified atom stereocenters. The summed E-state index contributed by atoms with van der Waals surface area (Å²) >= 11 is 1.74. The molecule has 0 saturated carbocycles.